The van der Waals surface area contributed by atoms with Crippen molar-refractivity contribution in [2.75, 3.05) is 0 Å². The number of urea groups is 1. The molecule has 2 aliphatic carbocycles. The number of non-ortho nitro benzene ring substituents is 1. The summed E-state index contributed by atoms with van der Waals surface area (Å²) in [7, 11) is 0. The smallest absolute Gasteiger partial charge is 0.315 e. The van der Waals surface area contributed by atoms with Crippen molar-refractivity contribution < 1.29 is 14.5 Å². The van der Waals surface area contributed by atoms with Gasteiger partial charge in [-0.1, -0.05) is 25.0 Å². The first-order chi connectivity index (χ1) is 13.0. The summed E-state index contributed by atoms with van der Waals surface area (Å²) in [6, 6.07) is 6.53. The fourth-order valence-electron chi connectivity index (χ4n) is 4.86. The lowest BCUT2D eigenvalue weighted by Crippen LogP contribution is -2.52. The Morgan fingerprint density at radius 3 is 2.44 bits per heavy atom. The van der Waals surface area contributed by atoms with E-state index in [9.17, 15) is 19.7 Å². The van der Waals surface area contributed by atoms with E-state index in [2.05, 4.69) is 16.0 Å². The van der Waals surface area contributed by atoms with Crippen LogP contribution in [0.2, 0.25) is 0 Å². The van der Waals surface area contributed by atoms with Gasteiger partial charge in [-0.25, -0.2) is 4.79 Å². The minimum Gasteiger partial charge on any atom is -0.353 e. The number of nitrogens with zero attached hydrogens (tertiary/aromatic N) is 1. The van der Waals surface area contributed by atoms with Gasteiger partial charge in [0.2, 0.25) is 5.91 Å². The molecule has 0 spiro atoms. The Balaban J connectivity index is 1.49. The Morgan fingerprint density at radius 2 is 1.78 bits per heavy atom. The number of carbonyl (C=O) groups excluding carboxylic acids is 2. The van der Waals surface area contributed by atoms with Crippen molar-refractivity contribution in [1.29, 1.82) is 0 Å². The van der Waals surface area contributed by atoms with Gasteiger partial charge in [-0.15, -0.1) is 0 Å². The van der Waals surface area contributed by atoms with Crippen LogP contribution in [0.3, 0.4) is 0 Å². The number of nitro benzene ring substituents is 1. The molecule has 8 nitrogen and oxygen atoms in total. The van der Waals surface area contributed by atoms with Crippen LogP contribution in [-0.4, -0.2) is 35.0 Å². The second kappa shape index (κ2) is 6.83. The van der Waals surface area contributed by atoms with Crippen molar-refractivity contribution in [1.82, 2.24) is 16.0 Å². The molecule has 3 amide bonds. The van der Waals surface area contributed by atoms with E-state index in [0.717, 1.165) is 50.5 Å². The van der Waals surface area contributed by atoms with E-state index >= 15 is 0 Å². The van der Waals surface area contributed by atoms with E-state index in [1.165, 1.54) is 12.1 Å². The Morgan fingerprint density at radius 1 is 1.11 bits per heavy atom. The highest BCUT2D eigenvalue weighted by Gasteiger charge is 2.45. The standard InChI is InChI=1S/C19H24N4O4/c24-17(20-13-5-8-15-16(11-13)22-18(25)21-15)19(9-1-2-10-19)12-3-6-14(7-4-12)23(26)27/h3-4,6-7,13,15-16H,1-2,5,8-11H2,(H,20,24)(H2,21,22,25). The van der Waals surface area contributed by atoms with E-state index in [1.807, 2.05) is 0 Å². The highest BCUT2D eigenvalue weighted by Crippen LogP contribution is 2.42. The molecule has 144 valence electrons. The van der Waals surface area contributed by atoms with Crippen LogP contribution < -0.4 is 16.0 Å². The first-order valence-corrected chi connectivity index (χ1v) is 9.61. The van der Waals surface area contributed by atoms with E-state index in [1.54, 1.807) is 12.1 Å². The average Bonchev–Trinajstić information content (AvgIpc) is 3.28. The topological polar surface area (TPSA) is 113 Å². The molecular formula is C19H24N4O4. The maximum atomic E-state index is 13.3. The molecule has 0 aromatic heterocycles. The minimum absolute atomic E-state index is 0.00888. The second-order valence-electron chi connectivity index (χ2n) is 7.91. The molecule has 1 aromatic rings. The lowest BCUT2D eigenvalue weighted by molar-refractivity contribution is -0.384. The van der Waals surface area contributed by atoms with Crippen molar-refractivity contribution in [3.8, 4) is 0 Å². The fraction of sp³-hybridized carbons (Fsp3) is 0.579. The number of fused-ring (bicyclic) bond motifs is 1. The molecule has 1 saturated heterocycles. The number of amides is 3. The highest BCUT2D eigenvalue weighted by atomic mass is 16.6. The Labute approximate surface area is 157 Å². The van der Waals surface area contributed by atoms with E-state index in [4.69, 9.17) is 0 Å². The molecule has 3 atom stereocenters. The van der Waals surface area contributed by atoms with Crippen molar-refractivity contribution in [3.63, 3.8) is 0 Å². The summed E-state index contributed by atoms with van der Waals surface area (Å²) in [5.41, 5.74) is 0.283. The van der Waals surface area contributed by atoms with Gasteiger partial charge < -0.3 is 16.0 Å². The Bertz CT molecular complexity index is 757. The molecule has 2 saturated carbocycles. The highest BCUT2D eigenvalue weighted by molar-refractivity contribution is 5.89. The zero-order chi connectivity index (χ0) is 19.0. The molecule has 3 aliphatic rings. The van der Waals surface area contributed by atoms with Crippen molar-refractivity contribution >= 4 is 17.6 Å². The number of nitrogens with one attached hydrogen (secondary N) is 3. The van der Waals surface area contributed by atoms with Crippen LogP contribution in [0.15, 0.2) is 24.3 Å². The van der Waals surface area contributed by atoms with Gasteiger partial charge in [-0.05, 0) is 37.7 Å². The normalized spacial score (nSPS) is 28.7. The summed E-state index contributed by atoms with van der Waals surface area (Å²) >= 11 is 0. The van der Waals surface area contributed by atoms with Crippen LogP contribution in [0.1, 0.15) is 50.5 Å². The number of carbonyl (C=O) groups is 2. The summed E-state index contributed by atoms with van der Waals surface area (Å²) in [5, 5.41) is 20.0. The maximum absolute atomic E-state index is 13.3. The van der Waals surface area contributed by atoms with E-state index in [-0.39, 0.29) is 35.8 Å². The summed E-state index contributed by atoms with van der Waals surface area (Å²) in [6.07, 6.45) is 5.87. The molecule has 8 heteroatoms. The second-order valence-corrected chi connectivity index (χ2v) is 7.91. The predicted octanol–water partition coefficient (Wildman–Crippen LogP) is 2.13. The van der Waals surface area contributed by atoms with Gasteiger partial charge in [0, 0.05) is 18.2 Å². The number of nitro groups is 1. The van der Waals surface area contributed by atoms with Crippen LogP contribution in [0.25, 0.3) is 0 Å². The largest absolute Gasteiger partial charge is 0.353 e. The lowest BCUT2D eigenvalue weighted by atomic mass is 9.77. The van der Waals surface area contributed by atoms with Crippen LogP contribution in [0, 0.1) is 10.1 Å². The van der Waals surface area contributed by atoms with Crippen LogP contribution in [0.4, 0.5) is 10.5 Å². The predicted molar refractivity (Wildman–Crippen MR) is 98.3 cm³/mol. The van der Waals surface area contributed by atoms with E-state index < -0.39 is 10.3 Å². The van der Waals surface area contributed by atoms with Gasteiger partial charge in [0.1, 0.15) is 0 Å². The zero-order valence-corrected chi connectivity index (χ0v) is 15.1. The Hall–Kier alpha value is -2.64. The molecule has 1 heterocycles. The van der Waals surface area contributed by atoms with Gasteiger partial charge in [0.15, 0.2) is 0 Å². The monoisotopic (exact) mass is 372 g/mol. The first kappa shape index (κ1) is 17.8. The molecule has 3 unspecified atom stereocenters. The summed E-state index contributed by atoms with van der Waals surface area (Å²) < 4.78 is 0. The lowest BCUT2D eigenvalue weighted by Gasteiger charge is -2.35. The summed E-state index contributed by atoms with van der Waals surface area (Å²) in [4.78, 5) is 35.3. The average molecular weight is 372 g/mol. The molecular weight excluding hydrogens is 348 g/mol. The first-order valence-electron chi connectivity index (χ1n) is 9.61. The van der Waals surface area contributed by atoms with Gasteiger partial charge in [-0.2, -0.15) is 0 Å². The fourth-order valence-corrected chi connectivity index (χ4v) is 4.86. The zero-order valence-electron chi connectivity index (χ0n) is 15.1. The number of benzene rings is 1. The molecule has 1 aliphatic heterocycles. The SMILES string of the molecule is O=C1NC2CCC(NC(=O)C3(c4ccc([N+](=O)[O-])cc4)CCCC3)CC2N1. The Kier molecular flexibility index (Phi) is 4.49. The molecule has 1 aromatic carbocycles. The molecule has 3 fully saturated rings. The quantitative estimate of drug-likeness (QED) is 0.555. The van der Waals surface area contributed by atoms with Crippen LogP contribution in [0.5, 0.6) is 0 Å². The van der Waals surface area contributed by atoms with Gasteiger partial charge in [0.05, 0.1) is 22.4 Å². The van der Waals surface area contributed by atoms with Crippen molar-refractivity contribution in [2.24, 2.45) is 0 Å². The van der Waals surface area contributed by atoms with Gasteiger partial charge >= 0.3 is 6.03 Å². The number of hydrogen-bond acceptors (Lipinski definition) is 4. The number of hydrogen-bond donors (Lipinski definition) is 3. The summed E-state index contributed by atoms with van der Waals surface area (Å²) in [6.45, 7) is 0. The molecule has 0 radical (unpaired) electrons. The van der Waals surface area contributed by atoms with Crippen LogP contribution >= 0.6 is 0 Å². The molecule has 0 bridgehead atoms. The third kappa shape index (κ3) is 3.24. The van der Waals surface area contributed by atoms with Crippen molar-refractivity contribution in [3.05, 3.63) is 39.9 Å². The van der Waals surface area contributed by atoms with Crippen LogP contribution in [-0.2, 0) is 10.2 Å². The minimum atomic E-state index is -0.608. The van der Waals surface area contributed by atoms with Gasteiger partial charge in [0.25, 0.3) is 5.69 Å². The number of rotatable bonds is 4. The molecule has 3 N–H and O–H groups in total. The van der Waals surface area contributed by atoms with E-state index in [0.29, 0.717) is 0 Å². The molecule has 27 heavy (non-hydrogen) atoms. The molecule has 4 rings (SSSR count). The van der Waals surface area contributed by atoms with Crippen molar-refractivity contribution in [2.45, 2.75) is 68.5 Å². The maximum Gasteiger partial charge on any atom is 0.315 e. The third-order valence-electron chi connectivity index (χ3n) is 6.34. The summed E-state index contributed by atoms with van der Waals surface area (Å²) in [5.74, 6) is 0.00888. The van der Waals surface area contributed by atoms with Gasteiger partial charge in [-0.3, -0.25) is 14.9 Å². The third-order valence-corrected chi connectivity index (χ3v) is 6.34.